The summed E-state index contributed by atoms with van der Waals surface area (Å²) >= 11 is 0. The molecule has 0 amide bonds. The number of imidazole rings is 1. The van der Waals surface area contributed by atoms with Crippen LogP contribution in [-0.2, 0) is 25.9 Å². The van der Waals surface area contributed by atoms with Crippen LogP contribution in [0.3, 0.4) is 0 Å². The molecule has 0 saturated heterocycles. The van der Waals surface area contributed by atoms with E-state index in [1.807, 2.05) is 0 Å². The number of nitrogens with zero attached hydrogens (tertiary/aromatic N) is 2. The van der Waals surface area contributed by atoms with Gasteiger partial charge in [0.2, 0.25) is 0 Å². The smallest absolute Gasteiger partial charge is 0.384 e. The summed E-state index contributed by atoms with van der Waals surface area (Å²) in [6, 6.07) is 9.95. The van der Waals surface area contributed by atoms with Crippen LogP contribution >= 0.6 is 0 Å². The summed E-state index contributed by atoms with van der Waals surface area (Å²) in [5.74, 6) is 0. The van der Waals surface area contributed by atoms with Gasteiger partial charge in [-0.25, -0.2) is 4.79 Å². The van der Waals surface area contributed by atoms with E-state index in [2.05, 4.69) is 5.32 Å². The van der Waals surface area contributed by atoms with Gasteiger partial charge in [-0.3, -0.25) is 9.13 Å². The van der Waals surface area contributed by atoms with E-state index in [4.69, 9.17) is 0 Å². The second kappa shape index (κ2) is 6.45. The van der Waals surface area contributed by atoms with Crippen LogP contribution in [0.1, 0.15) is 18.1 Å². The minimum Gasteiger partial charge on any atom is -0.384 e. The molecule has 0 bridgehead atoms. The van der Waals surface area contributed by atoms with Gasteiger partial charge < -0.3 is 10.4 Å². The summed E-state index contributed by atoms with van der Waals surface area (Å²) in [4.78, 5) is 12.0. The van der Waals surface area contributed by atoms with Gasteiger partial charge in [-0.05, 0) is 42.8 Å². The zero-order valence-corrected chi connectivity index (χ0v) is 15.1. The third-order valence-electron chi connectivity index (χ3n) is 4.72. The molecule has 0 aliphatic heterocycles. The number of benzene rings is 2. The number of nitrogens with one attached hydrogen (secondary N) is 1. The predicted octanol–water partition coefficient (Wildman–Crippen LogP) is 3.22. The van der Waals surface area contributed by atoms with Gasteiger partial charge in [-0.1, -0.05) is 12.1 Å². The second-order valence-electron chi connectivity index (χ2n) is 6.81. The first-order valence-electron chi connectivity index (χ1n) is 8.30. The Bertz CT molecular complexity index is 1050. The van der Waals surface area contributed by atoms with Crippen LogP contribution in [0.25, 0.3) is 11.0 Å². The van der Waals surface area contributed by atoms with Crippen LogP contribution in [0.4, 0.5) is 18.9 Å². The van der Waals surface area contributed by atoms with Crippen molar-refractivity contribution in [3.05, 3.63) is 64.1 Å². The molecule has 1 aromatic heterocycles. The molecule has 5 nitrogen and oxygen atoms in total. The first-order valence-corrected chi connectivity index (χ1v) is 8.30. The summed E-state index contributed by atoms with van der Waals surface area (Å²) < 4.78 is 41.7. The van der Waals surface area contributed by atoms with Gasteiger partial charge in [0.1, 0.15) is 5.60 Å². The number of rotatable bonds is 4. The molecule has 3 aromatic rings. The lowest BCUT2D eigenvalue weighted by Gasteiger charge is -2.25. The Kier molecular flexibility index (Phi) is 4.55. The van der Waals surface area contributed by atoms with Crippen LogP contribution in [0.15, 0.2) is 47.3 Å². The second-order valence-corrected chi connectivity index (χ2v) is 6.81. The summed E-state index contributed by atoms with van der Waals surface area (Å²) in [6.45, 7) is 1.45. The molecule has 144 valence electrons. The third-order valence-corrected chi connectivity index (χ3v) is 4.72. The van der Waals surface area contributed by atoms with Crippen molar-refractivity contribution in [2.45, 2.75) is 18.7 Å². The fraction of sp³-hybridized carbons (Fsp3) is 0.316. The predicted molar refractivity (Wildman–Crippen MR) is 97.7 cm³/mol. The van der Waals surface area contributed by atoms with Crippen molar-refractivity contribution < 1.29 is 18.3 Å². The van der Waals surface area contributed by atoms with Crippen LogP contribution in [0.2, 0.25) is 0 Å². The summed E-state index contributed by atoms with van der Waals surface area (Å²) in [6.07, 6.45) is -4.47. The number of hydrogen-bond acceptors (Lipinski definition) is 3. The highest BCUT2D eigenvalue weighted by atomic mass is 19.4. The average Bonchev–Trinajstić information content (AvgIpc) is 2.84. The SMILES string of the molecule is Cn1c(=O)n(C)c2cc(NCC(C)(O)c3cccc(C(F)(F)F)c3)ccc21. The quantitative estimate of drug-likeness (QED) is 0.732. The maximum absolute atomic E-state index is 12.9. The Morgan fingerprint density at radius 2 is 1.63 bits per heavy atom. The van der Waals surface area contributed by atoms with Crippen molar-refractivity contribution >= 4 is 16.7 Å². The molecule has 8 heteroatoms. The highest BCUT2D eigenvalue weighted by Crippen LogP contribution is 2.32. The topological polar surface area (TPSA) is 59.2 Å². The molecule has 3 rings (SSSR count). The van der Waals surface area contributed by atoms with Gasteiger partial charge in [0.25, 0.3) is 0 Å². The maximum Gasteiger partial charge on any atom is 0.416 e. The minimum absolute atomic E-state index is 0.000592. The van der Waals surface area contributed by atoms with Gasteiger partial charge in [-0.15, -0.1) is 0 Å². The fourth-order valence-corrected chi connectivity index (χ4v) is 3.02. The number of halogens is 3. The molecule has 0 fully saturated rings. The van der Waals surface area contributed by atoms with Crippen molar-refractivity contribution in [1.82, 2.24) is 9.13 Å². The Morgan fingerprint density at radius 1 is 1.00 bits per heavy atom. The number of alkyl halides is 3. The van der Waals surface area contributed by atoms with E-state index in [1.165, 1.54) is 28.2 Å². The average molecular weight is 379 g/mol. The molecule has 2 aromatic carbocycles. The van der Waals surface area contributed by atoms with Crippen molar-refractivity contribution in [1.29, 1.82) is 0 Å². The van der Waals surface area contributed by atoms with Crippen LogP contribution < -0.4 is 11.0 Å². The summed E-state index contributed by atoms with van der Waals surface area (Å²) in [7, 11) is 3.34. The third kappa shape index (κ3) is 3.57. The van der Waals surface area contributed by atoms with E-state index < -0.39 is 17.3 Å². The number of aryl methyl sites for hydroxylation is 2. The van der Waals surface area contributed by atoms with E-state index in [1.54, 1.807) is 32.3 Å². The normalized spacial score (nSPS) is 14.3. The van der Waals surface area contributed by atoms with E-state index in [9.17, 15) is 23.1 Å². The number of fused-ring (bicyclic) bond motifs is 1. The fourth-order valence-electron chi connectivity index (χ4n) is 3.02. The van der Waals surface area contributed by atoms with Gasteiger partial charge in [0.05, 0.1) is 16.6 Å². The number of aliphatic hydroxyl groups is 1. The van der Waals surface area contributed by atoms with Crippen molar-refractivity contribution in [3.8, 4) is 0 Å². The summed E-state index contributed by atoms with van der Waals surface area (Å²) in [5.41, 5.74) is -0.185. The molecule has 0 spiro atoms. The van der Waals surface area contributed by atoms with Gasteiger partial charge in [-0.2, -0.15) is 13.2 Å². The Balaban J connectivity index is 1.84. The first-order chi connectivity index (χ1) is 12.5. The van der Waals surface area contributed by atoms with Crippen LogP contribution in [0.5, 0.6) is 0 Å². The zero-order chi connectivity index (χ0) is 20.0. The molecule has 0 aliphatic carbocycles. The van der Waals surface area contributed by atoms with Crippen LogP contribution in [-0.4, -0.2) is 20.8 Å². The van der Waals surface area contributed by atoms with E-state index >= 15 is 0 Å². The molecule has 1 unspecified atom stereocenters. The molecule has 1 heterocycles. The number of aromatic nitrogens is 2. The molecule has 2 N–H and O–H groups in total. The molecule has 1 atom stereocenters. The number of anilines is 1. The highest BCUT2D eigenvalue weighted by Gasteiger charge is 2.32. The van der Waals surface area contributed by atoms with Gasteiger partial charge in [0.15, 0.2) is 0 Å². The molecule has 0 radical (unpaired) electrons. The van der Waals surface area contributed by atoms with Gasteiger partial charge in [0, 0.05) is 26.3 Å². The molecular weight excluding hydrogens is 359 g/mol. The maximum atomic E-state index is 12.9. The van der Waals surface area contributed by atoms with Gasteiger partial charge >= 0.3 is 11.9 Å². The lowest BCUT2D eigenvalue weighted by Crippen LogP contribution is -2.31. The van der Waals surface area contributed by atoms with Crippen molar-refractivity contribution in [3.63, 3.8) is 0 Å². The molecular formula is C19H20F3N3O2. The lowest BCUT2D eigenvalue weighted by atomic mass is 9.94. The molecule has 27 heavy (non-hydrogen) atoms. The van der Waals surface area contributed by atoms with Crippen LogP contribution in [0, 0.1) is 0 Å². The largest absolute Gasteiger partial charge is 0.416 e. The number of hydrogen-bond donors (Lipinski definition) is 2. The Morgan fingerprint density at radius 3 is 2.30 bits per heavy atom. The standard InChI is InChI=1S/C19H20F3N3O2/c1-18(27,12-5-4-6-13(9-12)19(20,21)22)11-23-14-7-8-15-16(10-14)25(3)17(26)24(15)2/h4-10,23,27H,11H2,1-3H3. The minimum atomic E-state index is -4.47. The molecule has 0 saturated carbocycles. The van der Waals surface area contributed by atoms with Crippen molar-refractivity contribution in [2.75, 3.05) is 11.9 Å². The monoisotopic (exact) mass is 379 g/mol. The zero-order valence-electron chi connectivity index (χ0n) is 15.1. The van der Waals surface area contributed by atoms with E-state index in [0.717, 1.165) is 17.6 Å². The molecule has 0 aliphatic rings. The Labute approximate surface area is 153 Å². The highest BCUT2D eigenvalue weighted by molar-refractivity contribution is 5.80. The van der Waals surface area contributed by atoms with E-state index in [0.29, 0.717) is 11.2 Å². The first kappa shape index (κ1) is 19.0. The lowest BCUT2D eigenvalue weighted by molar-refractivity contribution is -0.137. The Hall–Kier alpha value is -2.74. The van der Waals surface area contributed by atoms with Crippen molar-refractivity contribution in [2.24, 2.45) is 14.1 Å². The van der Waals surface area contributed by atoms with E-state index in [-0.39, 0.29) is 17.8 Å². The summed E-state index contributed by atoms with van der Waals surface area (Å²) in [5, 5.41) is 13.7.